The molecule has 106 valence electrons. The van der Waals surface area contributed by atoms with Gasteiger partial charge in [-0.05, 0) is 31.3 Å². The zero-order valence-corrected chi connectivity index (χ0v) is 11.8. The Kier molecular flexibility index (Phi) is 4.57. The standard InChI is InChI=1S/C15H14ClF2NO/c1-19-15(11-5-4-10(17)8-13(11)18)12-7-9(16)3-6-14(12)20-2/h3-8,15,19H,1-2H3. The van der Waals surface area contributed by atoms with Crippen molar-refractivity contribution in [2.24, 2.45) is 0 Å². The van der Waals surface area contributed by atoms with Crippen LogP contribution in [0.3, 0.4) is 0 Å². The Bertz CT molecular complexity index is 619. The number of benzene rings is 2. The van der Waals surface area contributed by atoms with E-state index >= 15 is 0 Å². The van der Waals surface area contributed by atoms with Crippen LogP contribution >= 0.6 is 11.6 Å². The number of halogens is 3. The highest BCUT2D eigenvalue weighted by Gasteiger charge is 2.20. The maximum atomic E-state index is 14.0. The maximum Gasteiger partial charge on any atom is 0.131 e. The van der Waals surface area contributed by atoms with Crippen LogP contribution in [0.25, 0.3) is 0 Å². The van der Waals surface area contributed by atoms with Gasteiger partial charge in [0.25, 0.3) is 0 Å². The molecule has 2 nitrogen and oxygen atoms in total. The van der Waals surface area contributed by atoms with Crippen LogP contribution in [-0.2, 0) is 0 Å². The summed E-state index contributed by atoms with van der Waals surface area (Å²) in [6.07, 6.45) is 0. The molecule has 0 fully saturated rings. The lowest BCUT2D eigenvalue weighted by atomic mass is 9.97. The van der Waals surface area contributed by atoms with E-state index < -0.39 is 17.7 Å². The Labute approximate surface area is 121 Å². The molecule has 0 saturated heterocycles. The van der Waals surface area contributed by atoms with Gasteiger partial charge in [0, 0.05) is 22.2 Å². The molecule has 1 unspecified atom stereocenters. The van der Waals surface area contributed by atoms with Crippen molar-refractivity contribution < 1.29 is 13.5 Å². The van der Waals surface area contributed by atoms with Gasteiger partial charge >= 0.3 is 0 Å². The molecule has 0 heterocycles. The molecule has 0 spiro atoms. The zero-order chi connectivity index (χ0) is 14.7. The first-order chi connectivity index (χ1) is 9.56. The molecule has 1 atom stereocenters. The summed E-state index contributed by atoms with van der Waals surface area (Å²) >= 11 is 5.99. The van der Waals surface area contributed by atoms with Crippen molar-refractivity contribution in [1.82, 2.24) is 5.32 Å². The lowest BCUT2D eigenvalue weighted by Crippen LogP contribution is -2.19. The molecule has 2 aromatic carbocycles. The highest BCUT2D eigenvalue weighted by Crippen LogP contribution is 2.33. The van der Waals surface area contributed by atoms with Gasteiger partial charge in [0.1, 0.15) is 17.4 Å². The van der Waals surface area contributed by atoms with E-state index in [1.54, 1.807) is 25.2 Å². The molecule has 0 aliphatic rings. The second-order valence-electron chi connectivity index (χ2n) is 4.27. The fraction of sp³-hybridized carbons (Fsp3) is 0.200. The second kappa shape index (κ2) is 6.20. The molecule has 0 amide bonds. The molecule has 0 bridgehead atoms. The van der Waals surface area contributed by atoms with Crippen LogP contribution in [0.5, 0.6) is 5.75 Å². The predicted octanol–water partition coefficient (Wildman–Crippen LogP) is 3.94. The third-order valence-electron chi connectivity index (χ3n) is 3.06. The third-order valence-corrected chi connectivity index (χ3v) is 3.30. The van der Waals surface area contributed by atoms with Crippen LogP contribution in [0, 0.1) is 11.6 Å². The Balaban J connectivity index is 2.54. The normalized spacial score (nSPS) is 12.2. The first-order valence-electron chi connectivity index (χ1n) is 6.02. The van der Waals surface area contributed by atoms with E-state index in [1.807, 2.05) is 0 Å². The van der Waals surface area contributed by atoms with Gasteiger partial charge in [-0.3, -0.25) is 0 Å². The first-order valence-corrected chi connectivity index (χ1v) is 6.40. The van der Waals surface area contributed by atoms with Gasteiger partial charge in [-0.1, -0.05) is 17.7 Å². The SMILES string of the molecule is CNC(c1ccc(F)cc1F)c1cc(Cl)ccc1OC. The molecule has 0 radical (unpaired) electrons. The Morgan fingerprint density at radius 3 is 2.45 bits per heavy atom. The molecule has 5 heteroatoms. The van der Waals surface area contributed by atoms with E-state index in [4.69, 9.17) is 16.3 Å². The summed E-state index contributed by atoms with van der Waals surface area (Å²) in [7, 11) is 3.22. The van der Waals surface area contributed by atoms with Crippen LogP contribution in [0.15, 0.2) is 36.4 Å². The molecule has 2 aromatic rings. The highest BCUT2D eigenvalue weighted by atomic mass is 35.5. The number of hydrogen-bond donors (Lipinski definition) is 1. The van der Waals surface area contributed by atoms with Gasteiger partial charge in [-0.2, -0.15) is 0 Å². The zero-order valence-electron chi connectivity index (χ0n) is 11.1. The van der Waals surface area contributed by atoms with Gasteiger partial charge in [0.2, 0.25) is 0 Å². The number of nitrogens with one attached hydrogen (secondary N) is 1. The van der Waals surface area contributed by atoms with Gasteiger partial charge < -0.3 is 10.1 Å². The van der Waals surface area contributed by atoms with Crippen molar-refractivity contribution in [3.63, 3.8) is 0 Å². The quantitative estimate of drug-likeness (QED) is 0.923. The summed E-state index contributed by atoms with van der Waals surface area (Å²) in [5, 5.41) is 3.51. The van der Waals surface area contributed by atoms with E-state index in [0.29, 0.717) is 21.9 Å². The highest BCUT2D eigenvalue weighted by molar-refractivity contribution is 6.30. The van der Waals surface area contributed by atoms with Crippen LogP contribution in [-0.4, -0.2) is 14.2 Å². The molecular formula is C15H14ClF2NO. The maximum absolute atomic E-state index is 14.0. The Morgan fingerprint density at radius 2 is 1.85 bits per heavy atom. The summed E-state index contributed by atoms with van der Waals surface area (Å²) in [5.74, 6) is -0.650. The average Bonchev–Trinajstić information content (AvgIpc) is 2.42. The Hall–Kier alpha value is -1.65. The number of hydrogen-bond acceptors (Lipinski definition) is 2. The fourth-order valence-electron chi connectivity index (χ4n) is 2.14. The minimum Gasteiger partial charge on any atom is -0.496 e. The minimum atomic E-state index is -0.619. The van der Waals surface area contributed by atoms with Crippen molar-refractivity contribution in [2.75, 3.05) is 14.2 Å². The number of rotatable bonds is 4. The van der Waals surface area contributed by atoms with Gasteiger partial charge in [0.15, 0.2) is 0 Å². The predicted molar refractivity (Wildman–Crippen MR) is 75.3 cm³/mol. The number of methoxy groups -OCH3 is 1. The summed E-state index contributed by atoms with van der Waals surface area (Å²) in [6, 6.07) is 8.11. The summed E-state index contributed by atoms with van der Waals surface area (Å²) in [5.41, 5.74) is 1.02. The fourth-order valence-corrected chi connectivity index (χ4v) is 2.33. The van der Waals surface area contributed by atoms with Crippen molar-refractivity contribution in [3.05, 3.63) is 64.2 Å². The minimum absolute atomic E-state index is 0.328. The monoisotopic (exact) mass is 297 g/mol. The van der Waals surface area contributed by atoms with E-state index in [9.17, 15) is 8.78 Å². The lowest BCUT2D eigenvalue weighted by molar-refractivity contribution is 0.404. The van der Waals surface area contributed by atoms with Gasteiger partial charge in [-0.25, -0.2) is 8.78 Å². The van der Waals surface area contributed by atoms with Crippen LogP contribution in [0.4, 0.5) is 8.78 Å². The van der Waals surface area contributed by atoms with E-state index in [1.165, 1.54) is 19.2 Å². The number of ether oxygens (including phenoxy) is 1. The molecule has 0 aliphatic carbocycles. The molecule has 2 rings (SSSR count). The van der Waals surface area contributed by atoms with Crippen molar-refractivity contribution in [1.29, 1.82) is 0 Å². The smallest absolute Gasteiger partial charge is 0.131 e. The third kappa shape index (κ3) is 2.92. The van der Waals surface area contributed by atoms with Crippen LogP contribution < -0.4 is 10.1 Å². The van der Waals surface area contributed by atoms with Gasteiger partial charge in [-0.15, -0.1) is 0 Å². The Morgan fingerprint density at radius 1 is 1.10 bits per heavy atom. The topological polar surface area (TPSA) is 21.3 Å². The lowest BCUT2D eigenvalue weighted by Gasteiger charge is -2.20. The average molecular weight is 298 g/mol. The summed E-state index contributed by atoms with van der Waals surface area (Å²) in [4.78, 5) is 0. The summed E-state index contributed by atoms with van der Waals surface area (Å²) in [6.45, 7) is 0. The summed E-state index contributed by atoms with van der Waals surface area (Å²) < 4.78 is 32.2. The molecular weight excluding hydrogens is 284 g/mol. The largest absolute Gasteiger partial charge is 0.496 e. The van der Waals surface area contributed by atoms with E-state index in [-0.39, 0.29) is 0 Å². The molecule has 0 saturated carbocycles. The molecule has 1 N–H and O–H groups in total. The van der Waals surface area contributed by atoms with Gasteiger partial charge in [0.05, 0.1) is 13.2 Å². The first kappa shape index (κ1) is 14.8. The van der Waals surface area contributed by atoms with Crippen LogP contribution in [0.1, 0.15) is 17.2 Å². The van der Waals surface area contributed by atoms with Crippen LogP contribution in [0.2, 0.25) is 5.02 Å². The molecule has 0 aromatic heterocycles. The van der Waals surface area contributed by atoms with Crippen molar-refractivity contribution in [2.45, 2.75) is 6.04 Å². The van der Waals surface area contributed by atoms with E-state index in [0.717, 1.165) is 6.07 Å². The molecule has 20 heavy (non-hydrogen) atoms. The van der Waals surface area contributed by atoms with E-state index in [2.05, 4.69) is 5.32 Å². The second-order valence-corrected chi connectivity index (χ2v) is 4.71. The molecule has 0 aliphatic heterocycles. The van der Waals surface area contributed by atoms with Crippen molar-refractivity contribution >= 4 is 11.6 Å². The van der Waals surface area contributed by atoms with Crippen molar-refractivity contribution in [3.8, 4) is 5.75 Å².